The first-order valence-electron chi connectivity index (χ1n) is 6.31. The molecule has 0 aromatic heterocycles. The third-order valence-corrected chi connectivity index (χ3v) is 3.21. The molecule has 6 atom stereocenters. The van der Waals surface area contributed by atoms with Gasteiger partial charge in [0.15, 0.2) is 12.4 Å². The Balaban J connectivity index is 2.13. The molecular weight excluding hydrogens is 298 g/mol. The van der Waals surface area contributed by atoms with Gasteiger partial charge in [-0.05, 0) is 17.7 Å². The number of ether oxygens (including phenoxy) is 2. The maximum Gasteiger partial charge on any atom is 0.222 e. The second-order valence-electron chi connectivity index (χ2n) is 4.69. The summed E-state index contributed by atoms with van der Waals surface area (Å²) in [6.45, 7) is 0. The highest BCUT2D eigenvalue weighted by Gasteiger charge is 2.46. The maximum absolute atomic E-state index is 9.81. The molecule has 0 amide bonds. The molecule has 1 heterocycles. The van der Waals surface area contributed by atoms with Gasteiger partial charge in [-0.1, -0.05) is 12.1 Å². The lowest BCUT2D eigenvalue weighted by Crippen LogP contribution is -2.58. The molecule has 2 rings (SSSR count). The molecule has 1 aromatic carbocycles. The van der Waals surface area contributed by atoms with Crippen LogP contribution in [0.5, 0.6) is 5.75 Å². The van der Waals surface area contributed by atoms with Gasteiger partial charge in [-0.2, -0.15) is 5.26 Å². The zero-order valence-corrected chi connectivity index (χ0v) is 11.2. The van der Waals surface area contributed by atoms with E-state index < -0.39 is 37.0 Å². The van der Waals surface area contributed by atoms with Crippen molar-refractivity contribution in [1.82, 2.24) is 0 Å². The minimum absolute atomic E-state index is 0.00156. The number of hydrogen-bond acceptors (Lipinski definition) is 9. The average molecular weight is 313 g/mol. The van der Waals surface area contributed by atoms with Crippen LogP contribution in [0.1, 0.15) is 11.7 Å². The third-order valence-electron chi connectivity index (χ3n) is 3.21. The first-order valence-corrected chi connectivity index (χ1v) is 6.31. The maximum atomic E-state index is 9.81. The van der Waals surface area contributed by atoms with E-state index in [1.807, 2.05) is 6.07 Å². The molecule has 1 aromatic rings. The van der Waals surface area contributed by atoms with Crippen molar-refractivity contribution in [2.45, 2.75) is 37.0 Å². The predicted octanol–water partition coefficient (Wildman–Crippen LogP) is -0.772. The Morgan fingerprint density at radius 2 is 1.64 bits per heavy atom. The van der Waals surface area contributed by atoms with Crippen molar-refractivity contribution in [1.29, 1.82) is 5.26 Å². The smallest absolute Gasteiger partial charge is 0.222 e. The summed E-state index contributed by atoms with van der Waals surface area (Å²) in [6, 6.07) is 7.38. The summed E-state index contributed by atoms with van der Waals surface area (Å²) in [5, 5.41) is 55.9. The molecule has 1 aliphatic heterocycles. The summed E-state index contributed by atoms with van der Waals surface area (Å²) in [5.74, 6) is 0.00156. The number of aromatic hydroxyl groups is 1. The van der Waals surface area contributed by atoms with E-state index in [-0.39, 0.29) is 5.75 Å². The molecule has 9 heteroatoms. The van der Waals surface area contributed by atoms with Crippen LogP contribution in [0.3, 0.4) is 0 Å². The van der Waals surface area contributed by atoms with Crippen molar-refractivity contribution in [3.63, 3.8) is 0 Å². The fourth-order valence-corrected chi connectivity index (χ4v) is 1.98. The molecule has 0 bridgehead atoms. The molecule has 0 spiro atoms. The topological polar surface area (TPSA) is 153 Å². The number of aliphatic hydroxyl groups excluding tert-OH is 3. The van der Waals surface area contributed by atoms with Crippen molar-refractivity contribution >= 4 is 0 Å². The van der Waals surface area contributed by atoms with Crippen LogP contribution >= 0.6 is 0 Å². The zero-order chi connectivity index (χ0) is 16.3. The highest BCUT2D eigenvalue weighted by atomic mass is 17.1. The normalized spacial score (nSPS) is 33.1. The van der Waals surface area contributed by atoms with Crippen LogP contribution in [0, 0.1) is 11.3 Å². The van der Waals surface area contributed by atoms with Gasteiger partial charge in [-0.25, -0.2) is 10.1 Å². The van der Waals surface area contributed by atoms with Crippen LogP contribution in [-0.2, 0) is 14.4 Å². The van der Waals surface area contributed by atoms with Crippen molar-refractivity contribution < 1.29 is 40.0 Å². The predicted molar refractivity (Wildman–Crippen MR) is 67.9 cm³/mol. The summed E-state index contributed by atoms with van der Waals surface area (Å²) in [5.41, 5.74) is 0.373. The minimum atomic E-state index is -1.70. The minimum Gasteiger partial charge on any atom is -0.508 e. The quantitative estimate of drug-likeness (QED) is 0.356. The molecule has 1 saturated heterocycles. The number of phenolic OH excluding ortho intramolecular Hbond substituents is 1. The van der Waals surface area contributed by atoms with Gasteiger partial charge in [-0.15, -0.1) is 0 Å². The summed E-state index contributed by atoms with van der Waals surface area (Å²) in [7, 11) is 0. The molecule has 0 aliphatic carbocycles. The van der Waals surface area contributed by atoms with E-state index in [9.17, 15) is 20.4 Å². The molecule has 9 nitrogen and oxygen atoms in total. The van der Waals surface area contributed by atoms with Crippen molar-refractivity contribution in [2.24, 2.45) is 0 Å². The number of hydrogen-bond donors (Lipinski definition) is 5. The summed E-state index contributed by atoms with van der Waals surface area (Å²) >= 11 is 0. The lowest BCUT2D eigenvalue weighted by Gasteiger charge is -2.39. The van der Waals surface area contributed by atoms with Gasteiger partial charge in [0.05, 0.1) is 6.07 Å². The molecular formula is C13H15NO8. The molecule has 120 valence electrons. The van der Waals surface area contributed by atoms with Gasteiger partial charge in [0.1, 0.15) is 24.1 Å². The van der Waals surface area contributed by atoms with E-state index in [1.165, 1.54) is 24.3 Å². The summed E-state index contributed by atoms with van der Waals surface area (Å²) < 4.78 is 10.2. The average Bonchev–Trinajstić information content (AvgIpc) is 2.53. The molecule has 6 unspecified atom stereocenters. The monoisotopic (exact) mass is 313 g/mol. The van der Waals surface area contributed by atoms with Crippen molar-refractivity contribution in [2.75, 3.05) is 0 Å². The second-order valence-corrected chi connectivity index (χ2v) is 4.69. The summed E-state index contributed by atoms with van der Waals surface area (Å²) in [6.07, 6.45) is -9.38. The Bertz CT molecular complexity index is 528. The highest BCUT2D eigenvalue weighted by Crippen LogP contribution is 2.28. The van der Waals surface area contributed by atoms with Gasteiger partial charge in [-0.3, -0.25) is 0 Å². The van der Waals surface area contributed by atoms with Gasteiger partial charge < -0.3 is 29.9 Å². The standard InChI is InChI=1S/C13H15NO8/c14-5-8(6-1-3-7(15)4-2-6)20-12-10(17)9(16)11(18)13(21-12)22-19/h1-4,8-13,15-19H. The number of rotatable bonds is 4. The van der Waals surface area contributed by atoms with Crippen LogP contribution in [0.4, 0.5) is 0 Å². The lowest BCUT2D eigenvalue weighted by atomic mass is 10.0. The molecule has 0 saturated carbocycles. The van der Waals surface area contributed by atoms with Crippen molar-refractivity contribution in [3.8, 4) is 11.8 Å². The first kappa shape index (κ1) is 16.6. The van der Waals surface area contributed by atoms with Crippen LogP contribution in [-0.4, -0.2) is 56.6 Å². The van der Waals surface area contributed by atoms with Crippen LogP contribution in [0.2, 0.25) is 0 Å². The third kappa shape index (κ3) is 3.34. The summed E-state index contributed by atoms with van der Waals surface area (Å²) in [4.78, 5) is 3.85. The van der Waals surface area contributed by atoms with E-state index in [1.54, 1.807) is 0 Å². The van der Waals surface area contributed by atoms with Gasteiger partial charge in [0.25, 0.3) is 0 Å². The largest absolute Gasteiger partial charge is 0.508 e. The van der Waals surface area contributed by atoms with Gasteiger partial charge in [0.2, 0.25) is 6.29 Å². The molecule has 1 fully saturated rings. The number of nitrogens with zero attached hydrogens (tertiary/aromatic N) is 1. The van der Waals surface area contributed by atoms with Gasteiger partial charge >= 0.3 is 0 Å². The Labute approximate surface area is 125 Å². The number of aliphatic hydroxyl groups is 3. The fraction of sp³-hybridized carbons (Fsp3) is 0.462. The lowest BCUT2D eigenvalue weighted by molar-refractivity contribution is -0.430. The van der Waals surface area contributed by atoms with E-state index in [0.29, 0.717) is 5.56 Å². The molecule has 5 N–H and O–H groups in total. The van der Waals surface area contributed by atoms with E-state index >= 15 is 0 Å². The van der Waals surface area contributed by atoms with E-state index in [2.05, 4.69) is 4.89 Å². The fourth-order valence-electron chi connectivity index (χ4n) is 1.98. The Morgan fingerprint density at radius 1 is 1.05 bits per heavy atom. The first-order chi connectivity index (χ1) is 10.5. The Hall–Kier alpha value is -1.77. The highest BCUT2D eigenvalue weighted by molar-refractivity contribution is 5.29. The number of nitriles is 1. The van der Waals surface area contributed by atoms with Crippen molar-refractivity contribution in [3.05, 3.63) is 29.8 Å². The van der Waals surface area contributed by atoms with Gasteiger partial charge in [0, 0.05) is 0 Å². The second kappa shape index (κ2) is 6.99. The Kier molecular flexibility index (Phi) is 5.28. The molecule has 0 radical (unpaired) electrons. The van der Waals surface area contributed by atoms with E-state index in [0.717, 1.165) is 0 Å². The van der Waals surface area contributed by atoms with Crippen LogP contribution in [0.15, 0.2) is 24.3 Å². The van der Waals surface area contributed by atoms with Crippen LogP contribution in [0.25, 0.3) is 0 Å². The number of phenols is 1. The Morgan fingerprint density at radius 3 is 2.18 bits per heavy atom. The van der Waals surface area contributed by atoms with E-state index in [4.69, 9.17) is 20.0 Å². The zero-order valence-electron chi connectivity index (χ0n) is 11.2. The SMILES string of the molecule is N#CC(OC1OC(OO)C(O)C(O)C1O)c1ccc(O)cc1. The number of benzene rings is 1. The molecule has 22 heavy (non-hydrogen) atoms. The van der Waals surface area contributed by atoms with Crippen LogP contribution < -0.4 is 0 Å². The molecule has 1 aliphatic rings.